The van der Waals surface area contributed by atoms with E-state index in [1.807, 2.05) is 18.2 Å². The largest absolute Gasteiger partial charge is 0.458 e. The number of rotatable bonds is 9. The summed E-state index contributed by atoms with van der Waals surface area (Å²) in [6.07, 6.45) is 0.681. The van der Waals surface area contributed by atoms with Crippen LogP contribution in [0.1, 0.15) is 26.3 Å². The van der Waals surface area contributed by atoms with Crippen molar-refractivity contribution < 1.29 is 18.8 Å². The van der Waals surface area contributed by atoms with Crippen LogP contribution in [0.3, 0.4) is 0 Å². The lowest BCUT2D eigenvalue weighted by molar-refractivity contribution is -0.903. The second-order valence-corrected chi connectivity index (χ2v) is 7.22. The third kappa shape index (κ3) is 7.88. The number of benzene rings is 1. The van der Waals surface area contributed by atoms with Gasteiger partial charge in [0.05, 0.1) is 20.1 Å². The van der Waals surface area contributed by atoms with Crippen LogP contribution < -0.4 is 0 Å². The number of esters is 1. The molecule has 1 unspecified atom stereocenters. The van der Waals surface area contributed by atoms with E-state index in [0.29, 0.717) is 23.9 Å². The van der Waals surface area contributed by atoms with Crippen molar-refractivity contribution in [3.8, 4) is 0 Å². The molecule has 0 heterocycles. The van der Waals surface area contributed by atoms with E-state index in [0.717, 1.165) is 6.54 Å². The SMILES string of the molecule is CC(C=O)N=C=NC(C)(C)C(=O)OCC[N+](C)(C)Cc1ccccc1. The molecule has 1 atom stereocenters. The maximum atomic E-state index is 12.2. The van der Waals surface area contributed by atoms with E-state index in [2.05, 4.69) is 42.2 Å². The Hall–Kier alpha value is -2.30. The Morgan fingerprint density at radius 2 is 1.96 bits per heavy atom. The van der Waals surface area contributed by atoms with Crippen LogP contribution in [0, 0.1) is 0 Å². The van der Waals surface area contributed by atoms with E-state index >= 15 is 0 Å². The van der Waals surface area contributed by atoms with E-state index in [9.17, 15) is 9.59 Å². The molecule has 0 saturated heterocycles. The molecule has 0 aliphatic heterocycles. The number of aldehydes is 1. The van der Waals surface area contributed by atoms with Gasteiger partial charge in [-0.05, 0) is 20.8 Å². The van der Waals surface area contributed by atoms with Gasteiger partial charge in [0.15, 0.2) is 5.54 Å². The van der Waals surface area contributed by atoms with Crippen molar-refractivity contribution in [1.29, 1.82) is 0 Å². The molecule has 136 valence electrons. The topological polar surface area (TPSA) is 68.1 Å². The zero-order chi connectivity index (χ0) is 18.9. The van der Waals surface area contributed by atoms with Crippen molar-refractivity contribution >= 4 is 18.3 Å². The molecule has 6 nitrogen and oxygen atoms in total. The highest BCUT2D eigenvalue weighted by Gasteiger charge is 2.29. The van der Waals surface area contributed by atoms with E-state index in [4.69, 9.17) is 4.74 Å². The van der Waals surface area contributed by atoms with Gasteiger partial charge in [0, 0.05) is 5.56 Å². The van der Waals surface area contributed by atoms with Crippen molar-refractivity contribution in [1.82, 2.24) is 0 Å². The number of aliphatic imine (C=N–C) groups is 2. The molecule has 1 rings (SSSR count). The van der Waals surface area contributed by atoms with Crippen LogP contribution in [-0.2, 0) is 20.9 Å². The molecule has 0 N–H and O–H groups in total. The number of hydrogen-bond donors (Lipinski definition) is 0. The monoisotopic (exact) mass is 346 g/mol. The zero-order valence-corrected chi connectivity index (χ0v) is 15.7. The predicted octanol–water partition coefficient (Wildman–Crippen LogP) is 2.35. The Morgan fingerprint density at radius 3 is 2.56 bits per heavy atom. The van der Waals surface area contributed by atoms with Gasteiger partial charge in [-0.1, -0.05) is 30.3 Å². The molecule has 0 saturated carbocycles. The fourth-order valence-corrected chi connectivity index (χ4v) is 2.04. The molecule has 0 aromatic heterocycles. The van der Waals surface area contributed by atoms with Gasteiger partial charge in [-0.25, -0.2) is 14.8 Å². The van der Waals surface area contributed by atoms with Crippen molar-refractivity contribution in [2.75, 3.05) is 27.2 Å². The van der Waals surface area contributed by atoms with Gasteiger partial charge in [0.25, 0.3) is 0 Å². The van der Waals surface area contributed by atoms with Gasteiger partial charge in [-0.2, -0.15) is 0 Å². The second kappa shape index (κ2) is 9.25. The first-order chi connectivity index (χ1) is 11.7. The highest BCUT2D eigenvalue weighted by atomic mass is 16.5. The standard InChI is InChI=1S/C19H28N3O3/c1-16(14-23)20-15-21-19(2,3)18(24)25-12-11-22(4,5)13-17-9-7-6-8-10-17/h6-10,14,16H,11-13H2,1-5H3/q+1. The minimum atomic E-state index is -1.08. The number of quaternary nitrogens is 1. The van der Waals surface area contributed by atoms with Crippen LogP contribution in [0.25, 0.3) is 0 Å². The fourth-order valence-electron chi connectivity index (χ4n) is 2.04. The molecule has 0 amide bonds. The summed E-state index contributed by atoms with van der Waals surface area (Å²) in [6.45, 7) is 6.74. The van der Waals surface area contributed by atoms with E-state index in [-0.39, 0.29) is 0 Å². The predicted molar refractivity (Wildman–Crippen MR) is 97.5 cm³/mol. The number of hydrogen-bond acceptors (Lipinski definition) is 5. The molecule has 0 bridgehead atoms. The summed E-state index contributed by atoms with van der Waals surface area (Å²) in [5, 5.41) is 0. The van der Waals surface area contributed by atoms with Gasteiger partial charge in [-0.3, -0.25) is 0 Å². The Morgan fingerprint density at radius 1 is 1.32 bits per heavy atom. The molecule has 0 aliphatic carbocycles. The minimum Gasteiger partial charge on any atom is -0.458 e. The van der Waals surface area contributed by atoms with E-state index in [1.54, 1.807) is 20.8 Å². The summed E-state index contributed by atoms with van der Waals surface area (Å²) in [4.78, 5) is 30.4. The third-order valence-corrected chi connectivity index (χ3v) is 3.67. The smallest absolute Gasteiger partial charge is 0.334 e. The lowest BCUT2D eigenvalue weighted by Gasteiger charge is -2.30. The molecule has 1 aromatic rings. The average Bonchev–Trinajstić information content (AvgIpc) is 2.54. The van der Waals surface area contributed by atoms with Crippen molar-refractivity contribution in [2.24, 2.45) is 9.98 Å². The first-order valence-corrected chi connectivity index (χ1v) is 8.31. The van der Waals surface area contributed by atoms with Crippen molar-refractivity contribution in [2.45, 2.75) is 38.9 Å². The maximum Gasteiger partial charge on any atom is 0.334 e. The van der Waals surface area contributed by atoms with Gasteiger partial charge in [0.2, 0.25) is 0 Å². The van der Waals surface area contributed by atoms with Gasteiger partial charge < -0.3 is 14.0 Å². The zero-order valence-electron chi connectivity index (χ0n) is 15.7. The van der Waals surface area contributed by atoms with Crippen LogP contribution in [0.15, 0.2) is 40.3 Å². The van der Waals surface area contributed by atoms with Crippen LogP contribution in [-0.4, -0.2) is 61.6 Å². The highest BCUT2D eigenvalue weighted by Crippen LogP contribution is 2.12. The number of likely N-dealkylation sites (N-methyl/N-ethyl adjacent to an activating group) is 1. The average molecular weight is 346 g/mol. The maximum absolute atomic E-state index is 12.2. The summed E-state index contributed by atoms with van der Waals surface area (Å²) in [5.74, 6) is -0.436. The molecule has 0 radical (unpaired) electrons. The normalized spacial score (nSPS) is 12.7. The van der Waals surface area contributed by atoms with Crippen LogP contribution >= 0.6 is 0 Å². The minimum absolute atomic E-state index is 0.305. The second-order valence-electron chi connectivity index (χ2n) is 7.22. The molecule has 0 spiro atoms. The highest BCUT2D eigenvalue weighted by molar-refractivity contribution is 5.81. The fraction of sp³-hybridized carbons (Fsp3) is 0.526. The van der Waals surface area contributed by atoms with E-state index in [1.165, 1.54) is 5.56 Å². The Balaban J connectivity index is 2.52. The van der Waals surface area contributed by atoms with Crippen LogP contribution in [0.2, 0.25) is 0 Å². The van der Waals surface area contributed by atoms with Crippen LogP contribution in [0.4, 0.5) is 0 Å². The van der Waals surface area contributed by atoms with Crippen molar-refractivity contribution in [3.63, 3.8) is 0 Å². The molecular weight excluding hydrogens is 318 g/mol. The van der Waals surface area contributed by atoms with Crippen molar-refractivity contribution in [3.05, 3.63) is 35.9 Å². The molecular formula is C19H28N3O3+. The number of carbonyl (C=O) groups excluding carboxylic acids is 2. The van der Waals surface area contributed by atoms with Gasteiger partial charge in [0.1, 0.15) is 32.0 Å². The molecule has 25 heavy (non-hydrogen) atoms. The molecule has 1 aromatic carbocycles. The number of nitrogens with zero attached hydrogens (tertiary/aromatic N) is 3. The summed E-state index contributed by atoms with van der Waals surface area (Å²) in [7, 11) is 4.19. The Kier molecular flexibility index (Phi) is 7.68. The molecule has 6 heteroatoms. The number of carbonyl (C=O) groups is 2. The first kappa shape index (κ1) is 20.7. The molecule has 0 aliphatic rings. The number of ether oxygens (including phenoxy) is 1. The summed E-state index contributed by atoms with van der Waals surface area (Å²) in [5.41, 5.74) is 0.159. The first-order valence-electron chi connectivity index (χ1n) is 8.31. The summed E-state index contributed by atoms with van der Waals surface area (Å²) < 4.78 is 6.07. The van der Waals surface area contributed by atoms with E-state index < -0.39 is 17.6 Å². The van der Waals surface area contributed by atoms with Crippen LogP contribution in [0.5, 0.6) is 0 Å². The summed E-state index contributed by atoms with van der Waals surface area (Å²) >= 11 is 0. The quantitative estimate of drug-likeness (QED) is 0.298. The Labute approximate surface area is 149 Å². The lowest BCUT2D eigenvalue weighted by Crippen LogP contribution is -2.42. The third-order valence-electron chi connectivity index (χ3n) is 3.67. The molecule has 0 fully saturated rings. The van der Waals surface area contributed by atoms with Gasteiger partial charge in [-0.15, -0.1) is 0 Å². The Bertz CT molecular complexity index is 633. The lowest BCUT2D eigenvalue weighted by atomic mass is 10.1. The summed E-state index contributed by atoms with van der Waals surface area (Å²) in [6, 6.07) is 12.1. The van der Waals surface area contributed by atoms with Gasteiger partial charge >= 0.3 is 5.97 Å².